The van der Waals surface area contributed by atoms with Crippen molar-refractivity contribution >= 4 is 17.4 Å². The molecule has 2 rings (SSSR count). The Hall–Kier alpha value is -3.36. The van der Waals surface area contributed by atoms with E-state index in [0.717, 1.165) is 0 Å². The smallest absolute Gasteiger partial charge is 0.406 e. The number of pyridine rings is 1. The van der Waals surface area contributed by atoms with Crippen LogP contribution in [0.5, 0.6) is 17.2 Å². The average molecular weight is 333 g/mol. The number of carbonyl (C=O) groups is 1. The molecule has 1 amide bonds. The average Bonchev–Trinajstić information content (AvgIpc) is 2.60. The second kappa shape index (κ2) is 7.77. The molecular weight excluding hydrogens is 318 g/mol. The number of hydrogen-bond acceptors (Lipinski definition) is 7. The Morgan fingerprint density at radius 3 is 2.71 bits per heavy atom. The van der Waals surface area contributed by atoms with Crippen molar-refractivity contribution in [3.8, 4) is 17.2 Å². The third-order valence-electron chi connectivity index (χ3n) is 2.97. The molecule has 0 aliphatic carbocycles. The van der Waals surface area contributed by atoms with Gasteiger partial charge in [-0.1, -0.05) is 0 Å². The number of methoxy groups -OCH3 is 2. The van der Waals surface area contributed by atoms with Gasteiger partial charge in [0.05, 0.1) is 19.9 Å². The molecule has 0 spiro atoms. The van der Waals surface area contributed by atoms with Crippen molar-refractivity contribution < 1.29 is 23.9 Å². The first-order valence-electron chi connectivity index (χ1n) is 6.79. The summed E-state index contributed by atoms with van der Waals surface area (Å²) in [7, 11) is 2.97. The monoisotopic (exact) mass is 333 g/mol. The molecular formula is C15H15N3O6. The maximum absolute atomic E-state index is 12.0. The summed E-state index contributed by atoms with van der Waals surface area (Å²) in [6.07, 6.45) is 1.27. The van der Waals surface area contributed by atoms with Gasteiger partial charge in [-0.25, -0.2) is 0 Å². The van der Waals surface area contributed by atoms with Crippen molar-refractivity contribution in [2.24, 2.45) is 0 Å². The minimum atomic E-state index is -0.681. The largest absolute Gasteiger partial charge is 0.497 e. The van der Waals surface area contributed by atoms with Gasteiger partial charge in [0.1, 0.15) is 17.7 Å². The Bertz CT molecular complexity index is 750. The number of ether oxygens (including phenoxy) is 3. The minimum absolute atomic E-state index is 0.0839. The molecule has 0 aliphatic rings. The molecule has 1 aromatic carbocycles. The molecule has 0 bridgehead atoms. The number of carbonyl (C=O) groups excluding carboxylic acids is 1. The molecule has 1 N–H and O–H groups in total. The highest BCUT2D eigenvalue weighted by Crippen LogP contribution is 2.29. The molecule has 0 saturated heterocycles. The van der Waals surface area contributed by atoms with E-state index in [1.54, 1.807) is 18.2 Å². The number of benzene rings is 1. The highest BCUT2D eigenvalue weighted by Gasteiger charge is 2.17. The van der Waals surface area contributed by atoms with Crippen LogP contribution in [0.3, 0.4) is 0 Å². The van der Waals surface area contributed by atoms with Crippen LogP contribution in [0.1, 0.15) is 0 Å². The fourth-order valence-electron chi connectivity index (χ4n) is 1.86. The lowest BCUT2D eigenvalue weighted by atomic mass is 10.2. The summed E-state index contributed by atoms with van der Waals surface area (Å²) in [6, 6.07) is 7.73. The molecule has 0 radical (unpaired) electrons. The van der Waals surface area contributed by atoms with Crippen molar-refractivity contribution in [1.82, 2.24) is 4.98 Å². The van der Waals surface area contributed by atoms with Crippen LogP contribution < -0.4 is 19.5 Å². The first-order valence-corrected chi connectivity index (χ1v) is 6.79. The van der Waals surface area contributed by atoms with Crippen molar-refractivity contribution in [3.05, 3.63) is 46.6 Å². The van der Waals surface area contributed by atoms with Gasteiger partial charge < -0.3 is 29.6 Å². The highest BCUT2D eigenvalue weighted by atomic mass is 16.6. The summed E-state index contributed by atoms with van der Waals surface area (Å²) in [4.78, 5) is 25.7. The lowest BCUT2D eigenvalue weighted by Crippen LogP contribution is -2.21. The molecule has 9 heteroatoms. The van der Waals surface area contributed by atoms with Gasteiger partial charge in [-0.05, 0) is 34.2 Å². The van der Waals surface area contributed by atoms with E-state index in [4.69, 9.17) is 14.2 Å². The Kier molecular flexibility index (Phi) is 5.50. The van der Waals surface area contributed by atoms with E-state index in [2.05, 4.69) is 10.3 Å². The minimum Gasteiger partial charge on any atom is -0.497 e. The van der Waals surface area contributed by atoms with Gasteiger partial charge in [-0.2, -0.15) is 0 Å². The summed E-state index contributed by atoms with van der Waals surface area (Å²) < 4.78 is 15.4. The Morgan fingerprint density at radius 2 is 2.04 bits per heavy atom. The lowest BCUT2D eigenvalue weighted by molar-refractivity contribution is -0.390. The maximum Gasteiger partial charge on any atom is 0.406 e. The molecule has 0 saturated carbocycles. The summed E-state index contributed by atoms with van der Waals surface area (Å²) in [5.41, 5.74) is 0.424. The molecule has 24 heavy (non-hydrogen) atoms. The van der Waals surface area contributed by atoms with Gasteiger partial charge in [-0.15, -0.1) is 0 Å². The third kappa shape index (κ3) is 4.09. The fraction of sp³-hybridized carbons (Fsp3) is 0.200. The number of rotatable bonds is 7. The van der Waals surface area contributed by atoms with Crippen LogP contribution in [0.4, 0.5) is 11.5 Å². The number of amides is 1. The lowest BCUT2D eigenvalue weighted by Gasteiger charge is -2.12. The molecule has 9 nitrogen and oxygen atoms in total. The van der Waals surface area contributed by atoms with E-state index in [-0.39, 0.29) is 5.75 Å². The third-order valence-corrected chi connectivity index (χ3v) is 2.97. The normalized spacial score (nSPS) is 9.92. The summed E-state index contributed by atoms with van der Waals surface area (Å²) >= 11 is 0. The highest BCUT2D eigenvalue weighted by molar-refractivity contribution is 5.93. The van der Waals surface area contributed by atoms with E-state index in [9.17, 15) is 14.9 Å². The van der Waals surface area contributed by atoms with E-state index >= 15 is 0 Å². The number of nitro groups is 1. The topological polar surface area (TPSA) is 113 Å². The Balaban J connectivity index is 2.03. The second-order valence-corrected chi connectivity index (χ2v) is 4.49. The van der Waals surface area contributed by atoms with Crippen molar-refractivity contribution in [2.75, 3.05) is 26.1 Å². The van der Waals surface area contributed by atoms with Crippen LogP contribution in [-0.4, -0.2) is 36.6 Å². The Labute approximate surface area is 137 Å². The van der Waals surface area contributed by atoms with Crippen LogP contribution in [0.25, 0.3) is 0 Å². The first-order chi connectivity index (χ1) is 11.5. The van der Waals surface area contributed by atoms with Gasteiger partial charge in [0, 0.05) is 6.07 Å². The first kappa shape index (κ1) is 17.0. The van der Waals surface area contributed by atoms with E-state index in [0.29, 0.717) is 17.2 Å². The van der Waals surface area contributed by atoms with Gasteiger partial charge in [0.25, 0.3) is 5.91 Å². The molecule has 1 aromatic heterocycles. The second-order valence-electron chi connectivity index (χ2n) is 4.49. The summed E-state index contributed by atoms with van der Waals surface area (Å²) in [6.45, 7) is -0.415. The molecule has 0 unspecified atom stereocenters. The van der Waals surface area contributed by atoms with Crippen LogP contribution in [0, 0.1) is 10.1 Å². The quantitative estimate of drug-likeness (QED) is 0.609. The van der Waals surface area contributed by atoms with Crippen LogP contribution in [-0.2, 0) is 4.79 Å². The summed E-state index contributed by atoms with van der Waals surface area (Å²) in [5, 5.41) is 13.4. The summed E-state index contributed by atoms with van der Waals surface area (Å²) in [5.74, 6) is -0.0505. The number of aromatic nitrogens is 1. The van der Waals surface area contributed by atoms with Crippen molar-refractivity contribution in [1.29, 1.82) is 0 Å². The zero-order valence-electron chi connectivity index (χ0n) is 13.0. The zero-order chi connectivity index (χ0) is 17.5. The molecule has 0 atom stereocenters. The van der Waals surface area contributed by atoms with Gasteiger partial charge in [0.15, 0.2) is 6.61 Å². The van der Waals surface area contributed by atoms with E-state index in [1.807, 2.05) is 0 Å². The van der Waals surface area contributed by atoms with Crippen molar-refractivity contribution in [3.63, 3.8) is 0 Å². The van der Waals surface area contributed by atoms with Gasteiger partial charge in [-0.3, -0.25) is 4.79 Å². The van der Waals surface area contributed by atoms with Crippen LogP contribution >= 0.6 is 0 Å². The predicted octanol–water partition coefficient (Wildman–Crippen LogP) is 2.02. The molecule has 0 aliphatic heterocycles. The standard InChI is InChI=1S/C15H15N3O6/c1-22-10-5-6-11(13(8-10)23-2)17-14(19)9-24-12-4-3-7-16-15(12)18(20)21/h3-8H,9H2,1-2H3,(H,17,19). The number of nitrogens with zero attached hydrogens (tertiary/aromatic N) is 2. The zero-order valence-corrected chi connectivity index (χ0v) is 13.0. The fourth-order valence-corrected chi connectivity index (χ4v) is 1.86. The number of nitrogens with one attached hydrogen (secondary N) is 1. The van der Waals surface area contributed by atoms with Gasteiger partial charge >= 0.3 is 5.82 Å². The molecule has 1 heterocycles. The van der Waals surface area contributed by atoms with Crippen LogP contribution in [0.15, 0.2) is 36.5 Å². The number of anilines is 1. The van der Waals surface area contributed by atoms with E-state index < -0.39 is 23.3 Å². The molecule has 2 aromatic rings. The van der Waals surface area contributed by atoms with Crippen LogP contribution in [0.2, 0.25) is 0 Å². The number of hydrogen-bond donors (Lipinski definition) is 1. The molecule has 126 valence electrons. The van der Waals surface area contributed by atoms with Gasteiger partial charge in [0.2, 0.25) is 5.75 Å². The van der Waals surface area contributed by atoms with Crippen molar-refractivity contribution in [2.45, 2.75) is 0 Å². The SMILES string of the molecule is COc1ccc(NC(=O)COc2cccnc2[N+](=O)[O-])c(OC)c1. The maximum atomic E-state index is 12.0. The predicted molar refractivity (Wildman–Crippen MR) is 84.6 cm³/mol. The molecule has 0 fully saturated rings. The van der Waals surface area contributed by atoms with E-state index in [1.165, 1.54) is 32.5 Å². The Morgan fingerprint density at radius 1 is 1.25 bits per heavy atom.